The molecule has 0 aliphatic heterocycles. The Morgan fingerprint density at radius 3 is 2.50 bits per heavy atom. The van der Waals surface area contributed by atoms with Crippen molar-refractivity contribution in [1.29, 1.82) is 0 Å². The molecule has 0 fully saturated rings. The Kier molecular flexibility index (Phi) is 6.02. The standard InChI is InChI=1S/C2H6IPS2/c1-2-4-6(3)5/h6H,2H2,1H3. The predicted octanol–water partition coefficient (Wildman–Crippen LogP) is 2.03. The van der Waals surface area contributed by atoms with Crippen LogP contribution in [0.25, 0.3) is 0 Å². The fourth-order valence-corrected chi connectivity index (χ4v) is 4.79. The number of halogens is 1. The summed E-state index contributed by atoms with van der Waals surface area (Å²) < 4.78 is 0. The van der Waals surface area contributed by atoms with Gasteiger partial charge < -0.3 is 0 Å². The van der Waals surface area contributed by atoms with Gasteiger partial charge >= 0.3 is 0 Å². The Balaban J connectivity index is 3.43. The summed E-state index contributed by atoms with van der Waals surface area (Å²) in [5, 5.41) is 0. The van der Waals surface area contributed by atoms with Gasteiger partial charge in [-0.2, -0.15) is 0 Å². The van der Waals surface area contributed by atoms with E-state index < -0.39 is 0 Å². The van der Waals surface area contributed by atoms with Gasteiger partial charge in [0.15, 0.2) is 0 Å². The zero-order chi connectivity index (χ0) is 4.99. The van der Waals surface area contributed by atoms with E-state index in [-0.39, 0.29) is 5.80 Å². The molecule has 0 radical (unpaired) electrons. The molecule has 0 saturated carbocycles. The van der Waals surface area contributed by atoms with Crippen LogP contribution in [-0.2, 0) is 17.0 Å². The molecule has 0 spiro atoms. The third-order valence-electron chi connectivity index (χ3n) is 0.253. The van der Waals surface area contributed by atoms with E-state index in [4.69, 9.17) is 11.2 Å². The van der Waals surface area contributed by atoms with Crippen molar-refractivity contribution >= 4 is 45.6 Å². The van der Waals surface area contributed by atoms with Crippen molar-refractivity contribution < 1.29 is 0 Å². The van der Waals surface area contributed by atoms with Gasteiger partial charge in [0.25, 0.3) is 0 Å². The van der Waals surface area contributed by atoms with Crippen LogP contribution in [0.1, 0.15) is 6.92 Å². The number of hydrogen-bond acceptors (Lipinski definition) is 1. The van der Waals surface area contributed by atoms with Crippen LogP contribution in [0.3, 0.4) is 0 Å². The minimum atomic E-state index is -0.0750. The number of thiol groups is 1. The molecule has 0 heterocycles. The van der Waals surface area contributed by atoms with E-state index in [1.54, 1.807) is 0 Å². The Hall–Kier alpha value is 1.60. The van der Waals surface area contributed by atoms with Crippen molar-refractivity contribution in [2.75, 3.05) is 6.16 Å². The average molecular weight is 252 g/mol. The molecule has 0 aliphatic carbocycles. The van der Waals surface area contributed by atoms with Crippen molar-refractivity contribution in [1.82, 2.24) is 0 Å². The van der Waals surface area contributed by atoms with Crippen LogP contribution in [0.2, 0.25) is 0 Å². The van der Waals surface area contributed by atoms with Crippen molar-refractivity contribution in [3.05, 3.63) is 0 Å². The van der Waals surface area contributed by atoms with E-state index in [1.807, 2.05) is 0 Å². The fourth-order valence-electron chi connectivity index (χ4n) is 0.111. The Labute approximate surface area is 58.3 Å². The molecule has 0 aliphatic rings. The van der Waals surface area contributed by atoms with Crippen molar-refractivity contribution in [2.45, 2.75) is 6.92 Å². The van der Waals surface area contributed by atoms with Crippen molar-refractivity contribution in [3.63, 3.8) is 0 Å². The first-order valence-corrected chi connectivity index (χ1v) is 8.50. The minimum Gasteiger partial charge on any atom is -0.0820 e. The summed E-state index contributed by atoms with van der Waals surface area (Å²) in [6.07, 6.45) is 1.22. The molecule has 0 nitrogen and oxygen atoms in total. The lowest BCUT2D eigenvalue weighted by atomic mass is 11.0. The normalized spacial score (nSPS) is 15.0. The van der Waals surface area contributed by atoms with Crippen LogP contribution in [-0.4, -0.2) is 6.16 Å². The molecule has 0 aromatic rings. The Morgan fingerprint density at radius 2 is 2.50 bits per heavy atom. The van der Waals surface area contributed by atoms with Gasteiger partial charge in [-0.25, -0.2) is 0 Å². The average Bonchev–Trinajstić information content (AvgIpc) is 1.35. The highest BCUT2D eigenvalue weighted by molar-refractivity contribution is 14.2. The zero-order valence-electron chi connectivity index (χ0n) is 3.39. The Morgan fingerprint density at radius 1 is 2.00 bits per heavy atom. The second-order valence-corrected chi connectivity index (χ2v) is 13.2. The molecular formula is C2H6IPS2. The second kappa shape index (κ2) is 4.75. The lowest BCUT2D eigenvalue weighted by Gasteiger charge is -1.69. The summed E-state index contributed by atoms with van der Waals surface area (Å²) in [5.41, 5.74) is 0. The van der Waals surface area contributed by atoms with Crippen molar-refractivity contribution in [2.24, 2.45) is 0 Å². The second-order valence-electron chi connectivity index (χ2n) is 0.684. The fraction of sp³-hybridized carbons (Fsp3) is 1.00. The van der Waals surface area contributed by atoms with Gasteiger partial charge in [-0.15, -0.1) is 0 Å². The first kappa shape index (κ1) is 7.60. The van der Waals surface area contributed by atoms with E-state index in [0.29, 0.717) is 0 Å². The van der Waals surface area contributed by atoms with Gasteiger partial charge in [-0.05, 0) is 38.6 Å². The first-order chi connectivity index (χ1) is 2.77. The van der Waals surface area contributed by atoms with E-state index in [1.165, 1.54) is 13.5 Å². The molecule has 4 heteroatoms. The molecule has 1 unspecified atom stereocenters. The van der Waals surface area contributed by atoms with E-state index in [9.17, 15) is 0 Å². The van der Waals surface area contributed by atoms with Crippen LogP contribution in [0, 0.1) is 0 Å². The van der Waals surface area contributed by atoms with Gasteiger partial charge in [-0.1, -0.05) is 20.1 Å². The van der Waals surface area contributed by atoms with Crippen LogP contribution in [0.5, 0.6) is 0 Å². The highest BCUT2D eigenvalue weighted by Crippen LogP contribution is 2.02. The summed E-state index contributed by atoms with van der Waals surface area (Å²) in [6, 6.07) is 0. The maximum atomic E-state index is 4.92. The summed E-state index contributed by atoms with van der Waals surface area (Å²) in [6.45, 7) is 2.15. The monoisotopic (exact) mass is 252 g/mol. The largest absolute Gasteiger partial charge is 0.0820 e. The predicted molar refractivity (Wildman–Crippen MR) is 47.6 cm³/mol. The lowest BCUT2D eigenvalue weighted by Crippen LogP contribution is -1.46. The van der Waals surface area contributed by atoms with Gasteiger partial charge in [0.05, 0.1) is 0 Å². The summed E-state index contributed by atoms with van der Waals surface area (Å²) in [5.74, 6) is -0.0750. The summed E-state index contributed by atoms with van der Waals surface area (Å²) in [4.78, 5) is 0. The molecule has 0 bridgehead atoms. The summed E-state index contributed by atoms with van der Waals surface area (Å²) in [7, 11) is 1.44. The topological polar surface area (TPSA) is 0 Å². The molecule has 6 heavy (non-hydrogen) atoms. The molecule has 0 amide bonds. The van der Waals surface area contributed by atoms with Gasteiger partial charge in [0, 0.05) is 0 Å². The maximum Gasteiger partial charge on any atom is -0.00515 e. The third-order valence-corrected chi connectivity index (χ3v) is 6.06. The smallest absolute Gasteiger partial charge is 0.00515 e. The van der Waals surface area contributed by atoms with E-state index in [2.05, 4.69) is 28.1 Å². The molecule has 0 N–H and O–H groups in total. The molecule has 0 saturated heterocycles. The third kappa shape index (κ3) is 5.60. The van der Waals surface area contributed by atoms with Crippen LogP contribution < -0.4 is 0 Å². The highest BCUT2D eigenvalue weighted by atomic mass is 127. The molecule has 0 aromatic heterocycles. The molecule has 0 rings (SSSR count). The van der Waals surface area contributed by atoms with Crippen LogP contribution >= 0.6 is 28.6 Å². The zero-order valence-corrected chi connectivity index (χ0v) is 8.15. The molecule has 1 atom stereocenters. The van der Waals surface area contributed by atoms with Gasteiger partial charge in [0.1, 0.15) is 0 Å². The van der Waals surface area contributed by atoms with E-state index in [0.717, 1.165) is 0 Å². The van der Waals surface area contributed by atoms with Gasteiger partial charge in [-0.3, -0.25) is 0 Å². The van der Waals surface area contributed by atoms with Crippen LogP contribution in [0.15, 0.2) is 0 Å². The quantitative estimate of drug-likeness (QED) is 0.322. The first-order valence-electron chi connectivity index (χ1n) is 1.57. The molecule has 0 aromatic carbocycles. The minimum absolute atomic E-state index is 0.0750. The molecule has 38 valence electrons. The van der Waals surface area contributed by atoms with Crippen LogP contribution in [0.4, 0.5) is 0 Å². The van der Waals surface area contributed by atoms with E-state index >= 15 is 0 Å². The SMILES string of the molecule is CCP=[SH](=S)I. The van der Waals surface area contributed by atoms with Crippen molar-refractivity contribution in [3.8, 4) is 0 Å². The molecular weight excluding hydrogens is 246 g/mol. The Bertz CT molecular complexity index is 93.7. The number of hydrogen-bond donors (Lipinski definition) is 1. The lowest BCUT2D eigenvalue weighted by molar-refractivity contribution is 1.53. The maximum absolute atomic E-state index is 4.92. The van der Waals surface area contributed by atoms with Gasteiger partial charge in [0.2, 0.25) is 0 Å². The highest BCUT2D eigenvalue weighted by Gasteiger charge is 1.60. The number of rotatable bonds is 1. The summed E-state index contributed by atoms with van der Waals surface area (Å²) >= 11 is 7.23.